The Morgan fingerprint density at radius 3 is 2.73 bits per heavy atom. The molecule has 0 amide bonds. The van der Waals surface area contributed by atoms with Crippen LogP contribution in [0.5, 0.6) is 11.5 Å². The number of nitrogens with one attached hydrogen (secondary N) is 2. The lowest BCUT2D eigenvalue weighted by Crippen LogP contribution is -2.37. The topological polar surface area (TPSA) is 67.8 Å². The first-order valence-corrected chi connectivity index (χ1v) is 9.57. The first-order chi connectivity index (χ1) is 14.6. The molecule has 0 aliphatic carbocycles. The number of methoxy groups -OCH3 is 1. The third kappa shape index (κ3) is 5.56. The molecule has 0 unspecified atom stereocenters. The SMILES string of the molecule is CCNC(=NCc1cc(OC)ccc1OC(F)F)NCc1nccc2ccccc12. The fourth-order valence-corrected chi connectivity index (χ4v) is 3.01. The zero-order valence-corrected chi connectivity index (χ0v) is 16.9. The maximum atomic E-state index is 12.7. The van der Waals surface area contributed by atoms with E-state index in [1.54, 1.807) is 18.3 Å². The molecule has 3 aromatic rings. The van der Waals surface area contributed by atoms with Gasteiger partial charge in [0.25, 0.3) is 0 Å². The smallest absolute Gasteiger partial charge is 0.387 e. The highest BCUT2D eigenvalue weighted by molar-refractivity contribution is 5.85. The Labute approximate surface area is 173 Å². The first-order valence-electron chi connectivity index (χ1n) is 9.57. The first kappa shape index (κ1) is 21.3. The number of fused-ring (bicyclic) bond motifs is 1. The molecule has 0 saturated carbocycles. The molecule has 158 valence electrons. The van der Waals surface area contributed by atoms with Crippen LogP contribution in [0.3, 0.4) is 0 Å². The van der Waals surface area contributed by atoms with Gasteiger partial charge in [-0.3, -0.25) is 4.98 Å². The predicted molar refractivity (Wildman–Crippen MR) is 113 cm³/mol. The minimum atomic E-state index is -2.91. The van der Waals surface area contributed by atoms with Crippen LogP contribution in [-0.2, 0) is 13.1 Å². The number of hydrogen-bond donors (Lipinski definition) is 2. The molecule has 2 N–H and O–H groups in total. The average molecular weight is 414 g/mol. The summed E-state index contributed by atoms with van der Waals surface area (Å²) in [6.07, 6.45) is 1.77. The van der Waals surface area contributed by atoms with E-state index in [-0.39, 0.29) is 12.3 Å². The van der Waals surface area contributed by atoms with Crippen LogP contribution in [0.1, 0.15) is 18.2 Å². The van der Waals surface area contributed by atoms with Crippen molar-refractivity contribution in [2.75, 3.05) is 13.7 Å². The minimum absolute atomic E-state index is 0.0705. The highest BCUT2D eigenvalue weighted by Crippen LogP contribution is 2.26. The summed E-state index contributed by atoms with van der Waals surface area (Å²) in [6, 6.07) is 14.6. The third-order valence-corrected chi connectivity index (χ3v) is 4.41. The van der Waals surface area contributed by atoms with Gasteiger partial charge in [-0.25, -0.2) is 4.99 Å². The van der Waals surface area contributed by atoms with Gasteiger partial charge in [0.05, 0.1) is 25.9 Å². The zero-order chi connectivity index (χ0) is 21.3. The van der Waals surface area contributed by atoms with Crippen molar-refractivity contribution in [3.05, 3.63) is 66.0 Å². The normalized spacial score (nSPS) is 11.6. The van der Waals surface area contributed by atoms with Gasteiger partial charge >= 0.3 is 6.61 Å². The van der Waals surface area contributed by atoms with Gasteiger partial charge in [0.1, 0.15) is 11.5 Å². The van der Waals surface area contributed by atoms with Gasteiger partial charge in [-0.1, -0.05) is 24.3 Å². The van der Waals surface area contributed by atoms with Gasteiger partial charge < -0.3 is 20.1 Å². The van der Waals surface area contributed by atoms with E-state index in [1.807, 2.05) is 37.3 Å². The molecule has 0 fully saturated rings. The summed E-state index contributed by atoms with van der Waals surface area (Å²) in [5, 5.41) is 8.56. The molecular formula is C22H24F2N4O2. The summed E-state index contributed by atoms with van der Waals surface area (Å²) >= 11 is 0. The van der Waals surface area contributed by atoms with Crippen molar-refractivity contribution in [1.29, 1.82) is 0 Å². The largest absolute Gasteiger partial charge is 0.497 e. The van der Waals surface area contributed by atoms with Crippen molar-refractivity contribution in [2.24, 2.45) is 4.99 Å². The zero-order valence-electron chi connectivity index (χ0n) is 16.9. The van der Waals surface area contributed by atoms with Gasteiger partial charge in [0.15, 0.2) is 5.96 Å². The minimum Gasteiger partial charge on any atom is -0.497 e. The summed E-state index contributed by atoms with van der Waals surface area (Å²) in [5.74, 6) is 1.15. The molecule has 8 heteroatoms. The second-order valence-electron chi connectivity index (χ2n) is 6.38. The van der Waals surface area contributed by atoms with Crippen molar-refractivity contribution in [3.63, 3.8) is 0 Å². The van der Waals surface area contributed by atoms with Crippen molar-refractivity contribution in [1.82, 2.24) is 15.6 Å². The lowest BCUT2D eigenvalue weighted by Gasteiger charge is -2.14. The molecule has 2 aromatic carbocycles. The lowest BCUT2D eigenvalue weighted by molar-refractivity contribution is -0.0504. The van der Waals surface area contributed by atoms with E-state index in [0.717, 1.165) is 16.5 Å². The van der Waals surface area contributed by atoms with Crippen LogP contribution in [0.4, 0.5) is 8.78 Å². The number of halogens is 2. The number of rotatable bonds is 8. The van der Waals surface area contributed by atoms with Gasteiger partial charge in [-0.2, -0.15) is 8.78 Å². The third-order valence-electron chi connectivity index (χ3n) is 4.41. The maximum Gasteiger partial charge on any atom is 0.387 e. The van der Waals surface area contributed by atoms with Gasteiger partial charge in [-0.15, -0.1) is 0 Å². The van der Waals surface area contributed by atoms with Crippen molar-refractivity contribution in [2.45, 2.75) is 26.6 Å². The summed E-state index contributed by atoms with van der Waals surface area (Å²) < 4.78 is 35.2. The Kier molecular flexibility index (Phi) is 7.37. The molecule has 30 heavy (non-hydrogen) atoms. The Balaban J connectivity index is 1.77. The monoisotopic (exact) mass is 414 g/mol. The average Bonchev–Trinajstić information content (AvgIpc) is 2.76. The van der Waals surface area contributed by atoms with Gasteiger partial charge in [0.2, 0.25) is 0 Å². The van der Waals surface area contributed by atoms with E-state index >= 15 is 0 Å². The number of aliphatic imine (C=N–C) groups is 1. The van der Waals surface area contributed by atoms with Crippen LogP contribution < -0.4 is 20.1 Å². The van der Waals surface area contributed by atoms with E-state index in [4.69, 9.17) is 4.74 Å². The Hall–Kier alpha value is -3.42. The van der Waals surface area contributed by atoms with Crippen LogP contribution >= 0.6 is 0 Å². The second kappa shape index (κ2) is 10.4. The quantitative estimate of drug-likeness (QED) is 0.429. The Morgan fingerprint density at radius 2 is 1.97 bits per heavy atom. The lowest BCUT2D eigenvalue weighted by atomic mass is 10.1. The molecule has 6 nitrogen and oxygen atoms in total. The highest BCUT2D eigenvalue weighted by Gasteiger charge is 2.11. The Bertz CT molecular complexity index is 1010. The van der Waals surface area contributed by atoms with Crippen molar-refractivity contribution in [3.8, 4) is 11.5 Å². The molecule has 1 heterocycles. The van der Waals surface area contributed by atoms with E-state index in [2.05, 4.69) is 25.3 Å². The van der Waals surface area contributed by atoms with Crippen LogP contribution in [0.15, 0.2) is 59.7 Å². The number of ether oxygens (including phenoxy) is 2. The van der Waals surface area contributed by atoms with E-state index in [1.165, 1.54) is 13.2 Å². The maximum absolute atomic E-state index is 12.7. The number of aromatic nitrogens is 1. The van der Waals surface area contributed by atoms with Crippen LogP contribution in [0.25, 0.3) is 10.8 Å². The molecule has 0 radical (unpaired) electrons. The molecule has 0 bridgehead atoms. The van der Waals surface area contributed by atoms with E-state index < -0.39 is 6.61 Å². The number of alkyl halides is 2. The van der Waals surface area contributed by atoms with Gasteiger partial charge in [-0.05, 0) is 36.6 Å². The molecule has 0 spiro atoms. The standard InChI is InChI=1S/C22H24F2N4O2/c1-3-25-22(28-14-19-18-7-5-4-6-15(18)10-11-26-19)27-13-16-12-17(29-2)8-9-20(16)30-21(23)24/h4-12,21H,3,13-14H2,1-2H3,(H2,25,27,28). The number of nitrogens with zero attached hydrogens (tertiary/aromatic N) is 2. The van der Waals surface area contributed by atoms with Crippen LogP contribution in [-0.4, -0.2) is 31.2 Å². The van der Waals surface area contributed by atoms with E-state index in [9.17, 15) is 8.78 Å². The fourth-order valence-electron chi connectivity index (χ4n) is 3.01. The molecule has 3 rings (SSSR count). The second-order valence-corrected chi connectivity index (χ2v) is 6.38. The van der Waals surface area contributed by atoms with Crippen LogP contribution in [0, 0.1) is 0 Å². The van der Waals surface area contributed by atoms with Crippen LogP contribution in [0.2, 0.25) is 0 Å². The summed E-state index contributed by atoms with van der Waals surface area (Å²) in [5.41, 5.74) is 1.39. The summed E-state index contributed by atoms with van der Waals surface area (Å²) in [6.45, 7) is 0.283. The summed E-state index contributed by atoms with van der Waals surface area (Å²) in [7, 11) is 1.51. The molecule has 1 aromatic heterocycles. The predicted octanol–water partition coefficient (Wildman–Crippen LogP) is 4.10. The number of benzene rings is 2. The summed E-state index contributed by atoms with van der Waals surface area (Å²) in [4.78, 5) is 8.97. The van der Waals surface area contributed by atoms with E-state index in [0.29, 0.717) is 30.4 Å². The molecular weight excluding hydrogens is 390 g/mol. The molecule has 0 aliphatic heterocycles. The number of guanidine groups is 1. The van der Waals surface area contributed by atoms with Crippen molar-refractivity contribution >= 4 is 16.7 Å². The van der Waals surface area contributed by atoms with Gasteiger partial charge in [0, 0.05) is 23.7 Å². The fraction of sp³-hybridized carbons (Fsp3) is 0.273. The molecule has 0 atom stereocenters. The highest BCUT2D eigenvalue weighted by atomic mass is 19.3. The molecule has 0 aliphatic rings. The Morgan fingerprint density at radius 1 is 1.13 bits per heavy atom. The number of hydrogen-bond acceptors (Lipinski definition) is 4. The molecule has 0 saturated heterocycles. The number of pyridine rings is 1. The van der Waals surface area contributed by atoms with Crippen molar-refractivity contribution < 1.29 is 18.3 Å².